The van der Waals surface area contributed by atoms with Gasteiger partial charge < -0.3 is 10.5 Å². The number of thiocarbonyl (C=S) groups is 1. The third-order valence-corrected chi connectivity index (χ3v) is 3.54. The Balaban J connectivity index is 2.01. The van der Waals surface area contributed by atoms with Crippen molar-refractivity contribution in [3.8, 4) is 0 Å². The van der Waals surface area contributed by atoms with Gasteiger partial charge >= 0.3 is 0 Å². The van der Waals surface area contributed by atoms with E-state index in [-0.39, 0.29) is 16.9 Å². The molecule has 1 aliphatic heterocycles. The summed E-state index contributed by atoms with van der Waals surface area (Å²) in [6, 6.07) is 5.16. The highest BCUT2D eigenvalue weighted by molar-refractivity contribution is 7.80. The monoisotopic (exact) mass is 282 g/mol. The molecule has 0 radical (unpaired) electrons. The Bertz CT molecular complexity index is 461. The van der Waals surface area contributed by atoms with E-state index in [1.165, 1.54) is 0 Å². The molecule has 1 fully saturated rings. The fraction of sp³-hybridized carbons (Fsp3) is 0.500. The van der Waals surface area contributed by atoms with Gasteiger partial charge in [-0.3, -0.25) is 4.90 Å². The molecule has 1 atom stereocenters. The standard InChI is InChI=1S/C14H19FN2OS/c1-17(9-11-5-3-7-18-11)8-10-4-2-6-12(13(10)15)14(16)19/h2,4,6,11H,3,5,7-9H2,1H3,(H2,16,19). The van der Waals surface area contributed by atoms with E-state index >= 15 is 0 Å². The van der Waals surface area contributed by atoms with Crippen molar-refractivity contribution >= 4 is 17.2 Å². The summed E-state index contributed by atoms with van der Waals surface area (Å²) in [5, 5.41) is 0. The second-order valence-corrected chi connectivity index (χ2v) is 5.41. The first-order chi connectivity index (χ1) is 9.08. The van der Waals surface area contributed by atoms with Gasteiger partial charge in [-0.05, 0) is 26.0 Å². The largest absolute Gasteiger partial charge is 0.389 e. The molecule has 104 valence electrons. The molecule has 19 heavy (non-hydrogen) atoms. The van der Waals surface area contributed by atoms with Crippen LogP contribution in [0.5, 0.6) is 0 Å². The van der Waals surface area contributed by atoms with Crippen LogP contribution in [0, 0.1) is 5.82 Å². The quantitative estimate of drug-likeness (QED) is 0.839. The van der Waals surface area contributed by atoms with Crippen molar-refractivity contribution in [1.29, 1.82) is 0 Å². The average molecular weight is 282 g/mol. The zero-order chi connectivity index (χ0) is 13.8. The van der Waals surface area contributed by atoms with Crippen LogP contribution in [0.2, 0.25) is 0 Å². The Labute approximate surface area is 118 Å². The van der Waals surface area contributed by atoms with E-state index in [0.29, 0.717) is 17.7 Å². The van der Waals surface area contributed by atoms with Crippen molar-refractivity contribution in [1.82, 2.24) is 4.90 Å². The maximum absolute atomic E-state index is 14.2. The number of halogens is 1. The van der Waals surface area contributed by atoms with Gasteiger partial charge in [-0.15, -0.1) is 0 Å². The molecule has 1 aliphatic rings. The highest BCUT2D eigenvalue weighted by atomic mass is 32.1. The topological polar surface area (TPSA) is 38.5 Å². The molecular weight excluding hydrogens is 263 g/mol. The fourth-order valence-electron chi connectivity index (χ4n) is 2.38. The zero-order valence-electron chi connectivity index (χ0n) is 11.1. The fourth-order valence-corrected chi connectivity index (χ4v) is 2.54. The number of hydrogen-bond donors (Lipinski definition) is 1. The summed E-state index contributed by atoms with van der Waals surface area (Å²) in [4.78, 5) is 2.17. The number of nitrogens with zero attached hydrogens (tertiary/aromatic N) is 1. The second kappa shape index (κ2) is 6.41. The average Bonchev–Trinajstić information content (AvgIpc) is 2.84. The summed E-state index contributed by atoms with van der Waals surface area (Å²) in [6.07, 6.45) is 2.47. The Hall–Kier alpha value is -1.04. The van der Waals surface area contributed by atoms with Gasteiger partial charge in [0.05, 0.1) is 6.10 Å². The Morgan fingerprint density at radius 3 is 3.00 bits per heavy atom. The van der Waals surface area contributed by atoms with Crippen molar-refractivity contribution in [2.75, 3.05) is 20.2 Å². The first kappa shape index (κ1) is 14.4. The smallest absolute Gasteiger partial charge is 0.137 e. The lowest BCUT2D eigenvalue weighted by Gasteiger charge is -2.21. The molecule has 0 aliphatic carbocycles. The minimum Gasteiger partial charge on any atom is -0.389 e. The van der Waals surface area contributed by atoms with E-state index in [4.69, 9.17) is 22.7 Å². The van der Waals surface area contributed by atoms with Crippen molar-refractivity contribution < 1.29 is 9.13 Å². The minimum atomic E-state index is -0.311. The predicted octanol–water partition coefficient (Wildman–Crippen LogP) is 2.07. The van der Waals surface area contributed by atoms with Gasteiger partial charge in [0.25, 0.3) is 0 Å². The number of benzene rings is 1. The molecular formula is C14H19FN2OS. The van der Waals surface area contributed by atoms with E-state index in [0.717, 1.165) is 26.0 Å². The molecule has 2 N–H and O–H groups in total. The molecule has 1 saturated heterocycles. The van der Waals surface area contributed by atoms with Gasteiger partial charge in [-0.25, -0.2) is 4.39 Å². The normalized spacial score (nSPS) is 19.0. The van der Waals surface area contributed by atoms with Gasteiger partial charge in [-0.2, -0.15) is 0 Å². The lowest BCUT2D eigenvalue weighted by molar-refractivity contribution is 0.0790. The van der Waals surface area contributed by atoms with Crippen LogP contribution in [0.4, 0.5) is 4.39 Å². The summed E-state index contributed by atoms with van der Waals surface area (Å²) in [6.45, 7) is 2.18. The molecule has 1 aromatic rings. The maximum Gasteiger partial charge on any atom is 0.137 e. The summed E-state index contributed by atoms with van der Waals surface area (Å²) >= 11 is 4.84. The molecule has 0 bridgehead atoms. The summed E-state index contributed by atoms with van der Waals surface area (Å²) < 4.78 is 19.7. The van der Waals surface area contributed by atoms with E-state index < -0.39 is 0 Å². The number of nitrogens with two attached hydrogens (primary N) is 1. The highest BCUT2D eigenvalue weighted by Gasteiger charge is 2.18. The Morgan fingerprint density at radius 2 is 2.37 bits per heavy atom. The van der Waals surface area contributed by atoms with Crippen LogP contribution >= 0.6 is 12.2 Å². The number of rotatable bonds is 5. The molecule has 0 saturated carbocycles. The Morgan fingerprint density at radius 1 is 1.58 bits per heavy atom. The van der Waals surface area contributed by atoms with Crippen LogP contribution < -0.4 is 5.73 Å². The van der Waals surface area contributed by atoms with Gasteiger partial charge in [0.1, 0.15) is 10.8 Å². The molecule has 2 rings (SSSR count). The first-order valence-electron chi connectivity index (χ1n) is 6.45. The van der Waals surface area contributed by atoms with Crippen molar-refractivity contribution in [2.24, 2.45) is 5.73 Å². The predicted molar refractivity (Wildman–Crippen MR) is 77.6 cm³/mol. The SMILES string of the molecule is CN(Cc1cccc(C(N)=S)c1F)CC1CCCO1. The van der Waals surface area contributed by atoms with Crippen LogP contribution in [0.15, 0.2) is 18.2 Å². The van der Waals surface area contributed by atoms with Gasteiger partial charge in [-0.1, -0.05) is 24.4 Å². The summed E-state index contributed by atoms with van der Waals surface area (Å²) in [7, 11) is 1.97. The number of ether oxygens (including phenoxy) is 1. The molecule has 1 aromatic carbocycles. The zero-order valence-corrected chi connectivity index (χ0v) is 11.9. The van der Waals surface area contributed by atoms with Gasteiger partial charge in [0, 0.05) is 30.8 Å². The van der Waals surface area contributed by atoms with Crippen LogP contribution in [0.25, 0.3) is 0 Å². The molecule has 0 spiro atoms. The first-order valence-corrected chi connectivity index (χ1v) is 6.86. The summed E-state index contributed by atoms with van der Waals surface area (Å²) in [5.41, 5.74) is 6.44. The third-order valence-electron chi connectivity index (χ3n) is 3.32. The third kappa shape index (κ3) is 3.72. The Kier molecular flexibility index (Phi) is 4.85. The van der Waals surface area contributed by atoms with Crippen molar-refractivity contribution in [3.05, 3.63) is 35.1 Å². The summed E-state index contributed by atoms with van der Waals surface area (Å²) in [5.74, 6) is -0.311. The minimum absolute atomic E-state index is 0.0983. The number of hydrogen-bond acceptors (Lipinski definition) is 3. The van der Waals surface area contributed by atoms with E-state index in [1.807, 2.05) is 7.05 Å². The van der Waals surface area contributed by atoms with Crippen LogP contribution in [0.1, 0.15) is 24.0 Å². The highest BCUT2D eigenvalue weighted by Crippen LogP contribution is 2.17. The molecule has 1 heterocycles. The van der Waals surface area contributed by atoms with E-state index in [1.54, 1.807) is 18.2 Å². The van der Waals surface area contributed by atoms with Crippen LogP contribution in [-0.4, -0.2) is 36.2 Å². The van der Waals surface area contributed by atoms with Crippen LogP contribution in [0.3, 0.4) is 0 Å². The molecule has 0 aromatic heterocycles. The second-order valence-electron chi connectivity index (χ2n) is 4.97. The van der Waals surface area contributed by atoms with E-state index in [2.05, 4.69) is 4.90 Å². The molecule has 1 unspecified atom stereocenters. The lowest BCUT2D eigenvalue weighted by atomic mass is 10.1. The van der Waals surface area contributed by atoms with Crippen molar-refractivity contribution in [2.45, 2.75) is 25.5 Å². The molecule has 0 amide bonds. The van der Waals surface area contributed by atoms with Gasteiger partial charge in [0.15, 0.2) is 0 Å². The molecule has 5 heteroatoms. The van der Waals surface area contributed by atoms with Gasteiger partial charge in [0.2, 0.25) is 0 Å². The van der Waals surface area contributed by atoms with Crippen molar-refractivity contribution in [3.63, 3.8) is 0 Å². The lowest BCUT2D eigenvalue weighted by Crippen LogP contribution is -2.29. The molecule has 3 nitrogen and oxygen atoms in total. The number of likely N-dealkylation sites (N-methyl/N-ethyl adjacent to an activating group) is 1. The van der Waals surface area contributed by atoms with E-state index in [9.17, 15) is 4.39 Å². The maximum atomic E-state index is 14.2. The van der Waals surface area contributed by atoms with Crippen LogP contribution in [-0.2, 0) is 11.3 Å².